The van der Waals surface area contributed by atoms with Crippen molar-refractivity contribution in [2.24, 2.45) is 0 Å². The van der Waals surface area contributed by atoms with Gasteiger partial charge in [0.15, 0.2) is 0 Å². The molecule has 3 aromatic rings. The molecule has 0 radical (unpaired) electrons. The van der Waals surface area contributed by atoms with Gasteiger partial charge in [-0.05, 0) is 61.7 Å². The molecule has 0 spiro atoms. The number of fused-ring (bicyclic) bond motifs is 1. The third-order valence-corrected chi connectivity index (χ3v) is 5.68. The summed E-state index contributed by atoms with van der Waals surface area (Å²) in [6.07, 6.45) is 2.05. The highest BCUT2D eigenvalue weighted by atomic mass is 32.1. The van der Waals surface area contributed by atoms with E-state index in [1.165, 1.54) is 17.4 Å². The van der Waals surface area contributed by atoms with Gasteiger partial charge in [0.2, 0.25) is 0 Å². The molecule has 0 bridgehead atoms. The zero-order chi connectivity index (χ0) is 19.0. The molecule has 1 aliphatic rings. The molecular weight excluding hydrogens is 365 g/mol. The van der Waals surface area contributed by atoms with Crippen molar-refractivity contribution < 1.29 is 14.0 Å². The van der Waals surface area contributed by atoms with Crippen LogP contribution in [0.1, 0.15) is 28.1 Å². The molecule has 3 N–H and O–H groups in total. The Morgan fingerprint density at radius 3 is 2.33 bits per heavy atom. The Bertz CT molecular complexity index is 1030. The summed E-state index contributed by atoms with van der Waals surface area (Å²) < 4.78 is 14.8. The Kier molecular flexibility index (Phi) is 4.53. The van der Waals surface area contributed by atoms with Gasteiger partial charge in [-0.25, -0.2) is 9.18 Å². The van der Waals surface area contributed by atoms with E-state index in [9.17, 15) is 14.0 Å². The minimum atomic E-state index is -0.319. The summed E-state index contributed by atoms with van der Waals surface area (Å²) in [7, 11) is 0. The first-order chi connectivity index (χ1) is 13.0. The number of benzene rings is 2. The lowest BCUT2D eigenvalue weighted by Gasteiger charge is -2.08. The van der Waals surface area contributed by atoms with Crippen LogP contribution < -0.4 is 16.0 Å². The van der Waals surface area contributed by atoms with E-state index in [1.807, 2.05) is 0 Å². The Balaban J connectivity index is 1.45. The zero-order valence-electron chi connectivity index (χ0n) is 14.6. The van der Waals surface area contributed by atoms with E-state index in [-0.39, 0.29) is 23.8 Å². The first-order valence-electron chi connectivity index (χ1n) is 8.68. The highest BCUT2D eigenvalue weighted by Gasteiger charge is 2.23. The van der Waals surface area contributed by atoms with Gasteiger partial charge in [0.25, 0.3) is 5.91 Å². The van der Waals surface area contributed by atoms with Crippen LogP contribution in [0.2, 0.25) is 0 Å². The molecule has 3 amide bonds. The summed E-state index contributed by atoms with van der Waals surface area (Å²) in [4.78, 5) is 24.8. The number of aryl methyl sites for hydroxylation is 1. The molecule has 1 aliphatic carbocycles. The van der Waals surface area contributed by atoms with Crippen LogP contribution >= 0.6 is 11.3 Å². The summed E-state index contributed by atoms with van der Waals surface area (Å²) >= 11 is 1.27. The maximum absolute atomic E-state index is 14.0. The van der Waals surface area contributed by atoms with Gasteiger partial charge in [0, 0.05) is 27.5 Å². The Morgan fingerprint density at radius 1 is 1.04 bits per heavy atom. The first kappa shape index (κ1) is 17.5. The zero-order valence-corrected chi connectivity index (χ0v) is 15.5. The van der Waals surface area contributed by atoms with E-state index in [0.29, 0.717) is 27.2 Å². The predicted molar refractivity (Wildman–Crippen MR) is 106 cm³/mol. The second kappa shape index (κ2) is 7.00. The van der Waals surface area contributed by atoms with Crippen molar-refractivity contribution in [3.05, 3.63) is 58.7 Å². The maximum atomic E-state index is 14.0. The fourth-order valence-corrected chi connectivity index (χ4v) is 3.99. The number of carbonyl (C=O) groups excluding carboxylic acids is 2. The van der Waals surface area contributed by atoms with E-state index in [1.54, 1.807) is 43.3 Å². The molecule has 0 atom stereocenters. The van der Waals surface area contributed by atoms with Gasteiger partial charge in [0.1, 0.15) is 5.82 Å². The minimum Gasteiger partial charge on any atom is -0.335 e. The van der Waals surface area contributed by atoms with E-state index >= 15 is 0 Å². The summed E-state index contributed by atoms with van der Waals surface area (Å²) in [6.45, 7) is 1.75. The van der Waals surface area contributed by atoms with Crippen LogP contribution in [0.25, 0.3) is 10.1 Å². The van der Waals surface area contributed by atoms with E-state index in [2.05, 4.69) is 16.0 Å². The molecule has 1 fully saturated rings. The molecule has 0 saturated heterocycles. The average Bonchev–Trinajstić information content (AvgIpc) is 3.37. The number of thiophene rings is 1. The fraction of sp³-hybridized carbons (Fsp3) is 0.200. The van der Waals surface area contributed by atoms with Gasteiger partial charge in [0.05, 0.1) is 4.88 Å². The summed E-state index contributed by atoms with van der Waals surface area (Å²) in [6, 6.07) is 11.8. The van der Waals surface area contributed by atoms with Gasteiger partial charge in [-0.15, -0.1) is 11.3 Å². The quantitative estimate of drug-likeness (QED) is 0.601. The molecule has 1 aromatic heterocycles. The van der Waals surface area contributed by atoms with E-state index in [0.717, 1.165) is 17.5 Å². The molecule has 1 saturated carbocycles. The van der Waals surface area contributed by atoms with Gasteiger partial charge in [-0.3, -0.25) is 4.79 Å². The standard InChI is InChI=1S/C20H18FN3O2S/c1-11-17-15(21)3-2-4-16(17)27-18(11)19(25)22-12-5-7-13(8-6-12)23-20(26)24-14-9-10-14/h2-8,14H,9-10H2,1H3,(H,22,25)(H2,23,24,26). The highest BCUT2D eigenvalue weighted by Crippen LogP contribution is 2.33. The summed E-state index contributed by atoms with van der Waals surface area (Å²) in [5, 5.41) is 8.92. The monoisotopic (exact) mass is 383 g/mol. The Labute approximate surface area is 159 Å². The van der Waals surface area contributed by atoms with Crippen molar-refractivity contribution in [2.45, 2.75) is 25.8 Å². The highest BCUT2D eigenvalue weighted by molar-refractivity contribution is 7.21. The smallest absolute Gasteiger partial charge is 0.319 e. The van der Waals surface area contributed by atoms with Crippen molar-refractivity contribution in [1.29, 1.82) is 0 Å². The molecule has 4 rings (SSSR count). The van der Waals surface area contributed by atoms with Gasteiger partial charge in [-0.1, -0.05) is 6.07 Å². The second-order valence-corrected chi connectivity index (χ2v) is 7.63. The van der Waals surface area contributed by atoms with E-state index < -0.39 is 0 Å². The molecule has 2 aromatic carbocycles. The molecule has 7 heteroatoms. The molecule has 0 aliphatic heterocycles. The summed E-state index contributed by atoms with van der Waals surface area (Å²) in [5.74, 6) is -0.597. The van der Waals surface area contributed by atoms with Gasteiger partial charge < -0.3 is 16.0 Å². The molecular formula is C20H18FN3O2S. The topological polar surface area (TPSA) is 70.2 Å². The van der Waals surface area contributed by atoms with Crippen LogP contribution in [0.3, 0.4) is 0 Å². The largest absolute Gasteiger partial charge is 0.335 e. The van der Waals surface area contributed by atoms with E-state index in [4.69, 9.17) is 0 Å². The van der Waals surface area contributed by atoms with Gasteiger partial charge >= 0.3 is 6.03 Å². The molecule has 1 heterocycles. The Morgan fingerprint density at radius 2 is 1.70 bits per heavy atom. The van der Waals surface area contributed by atoms with Crippen LogP contribution in [0.5, 0.6) is 0 Å². The lowest BCUT2D eigenvalue weighted by atomic mass is 10.1. The first-order valence-corrected chi connectivity index (χ1v) is 9.49. The number of anilines is 2. The van der Waals surface area contributed by atoms with Crippen molar-refractivity contribution in [2.75, 3.05) is 10.6 Å². The average molecular weight is 383 g/mol. The van der Waals surface area contributed by atoms with Crippen molar-refractivity contribution in [3.63, 3.8) is 0 Å². The molecule has 0 unspecified atom stereocenters. The maximum Gasteiger partial charge on any atom is 0.319 e. The lowest BCUT2D eigenvalue weighted by molar-refractivity contribution is 0.103. The van der Waals surface area contributed by atoms with Gasteiger partial charge in [-0.2, -0.15) is 0 Å². The number of amides is 3. The SMILES string of the molecule is Cc1c(C(=O)Nc2ccc(NC(=O)NC3CC3)cc2)sc2cccc(F)c12. The van der Waals surface area contributed by atoms with Crippen LogP contribution in [-0.2, 0) is 0 Å². The van der Waals surface area contributed by atoms with Crippen LogP contribution in [0.15, 0.2) is 42.5 Å². The number of carbonyl (C=O) groups is 2. The third kappa shape index (κ3) is 3.78. The number of nitrogens with one attached hydrogen (secondary N) is 3. The minimum absolute atomic E-state index is 0.225. The lowest BCUT2D eigenvalue weighted by Crippen LogP contribution is -2.30. The number of hydrogen-bond acceptors (Lipinski definition) is 3. The second-order valence-electron chi connectivity index (χ2n) is 6.57. The molecule has 27 heavy (non-hydrogen) atoms. The predicted octanol–water partition coefficient (Wildman–Crippen LogP) is 4.89. The third-order valence-electron chi connectivity index (χ3n) is 4.42. The Hall–Kier alpha value is -2.93. The fourth-order valence-electron chi connectivity index (χ4n) is 2.88. The van der Waals surface area contributed by atoms with Crippen LogP contribution in [0, 0.1) is 12.7 Å². The van der Waals surface area contributed by atoms with Crippen molar-refractivity contribution >= 4 is 44.7 Å². The van der Waals surface area contributed by atoms with Crippen LogP contribution in [-0.4, -0.2) is 18.0 Å². The molecule has 5 nitrogen and oxygen atoms in total. The number of halogens is 1. The molecule has 138 valence electrons. The van der Waals surface area contributed by atoms with Crippen molar-refractivity contribution in [1.82, 2.24) is 5.32 Å². The number of rotatable bonds is 4. The van der Waals surface area contributed by atoms with Crippen LogP contribution in [0.4, 0.5) is 20.6 Å². The number of urea groups is 1. The number of hydrogen-bond donors (Lipinski definition) is 3. The van der Waals surface area contributed by atoms with Crippen molar-refractivity contribution in [3.8, 4) is 0 Å². The normalized spacial score (nSPS) is 13.4. The summed E-state index contributed by atoms with van der Waals surface area (Å²) in [5.41, 5.74) is 1.89.